The van der Waals surface area contributed by atoms with Crippen molar-refractivity contribution >= 4 is 0 Å². The zero-order valence-corrected chi connectivity index (χ0v) is 13.0. The molecule has 0 amide bonds. The van der Waals surface area contributed by atoms with E-state index >= 15 is 0 Å². The molecule has 0 radical (unpaired) electrons. The van der Waals surface area contributed by atoms with E-state index in [1.54, 1.807) is 14.2 Å². The molecule has 22 heavy (non-hydrogen) atoms. The first-order chi connectivity index (χ1) is 10.7. The van der Waals surface area contributed by atoms with Crippen molar-refractivity contribution in [3.05, 3.63) is 35.5 Å². The molecule has 2 N–H and O–H groups in total. The van der Waals surface area contributed by atoms with Crippen LogP contribution in [0, 0.1) is 0 Å². The van der Waals surface area contributed by atoms with Crippen molar-refractivity contribution in [2.24, 2.45) is 5.73 Å². The number of rotatable bonds is 5. The van der Waals surface area contributed by atoms with Crippen LogP contribution >= 0.6 is 0 Å². The minimum atomic E-state index is -0.438. The lowest BCUT2D eigenvalue weighted by Gasteiger charge is -2.17. The van der Waals surface area contributed by atoms with Gasteiger partial charge >= 0.3 is 0 Å². The fourth-order valence-corrected chi connectivity index (χ4v) is 3.01. The Kier molecular flexibility index (Phi) is 4.02. The van der Waals surface area contributed by atoms with Gasteiger partial charge in [0.05, 0.1) is 26.2 Å². The molecule has 0 unspecified atom stereocenters. The molecule has 0 bridgehead atoms. The first kappa shape index (κ1) is 14.8. The molecule has 0 atom stereocenters. The molecule has 3 rings (SSSR count). The number of nitrogens with zero attached hydrogens (tertiary/aromatic N) is 2. The van der Waals surface area contributed by atoms with Gasteiger partial charge in [0.2, 0.25) is 5.89 Å². The fraction of sp³-hybridized carbons (Fsp3) is 0.500. The first-order valence-electron chi connectivity index (χ1n) is 7.48. The molecule has 1 saturated carbocycles. The summed E-state index contributed by atoms with van der Waals surface area (Å²) in [6, 6.07) is 5.65. The first-order valence-corrected chi connectivity index (χ1v) is 7.48. The molecule has 1 aliphatic carbocycles. The van der Waals surface area contributed by atoms with E-state index < -0.39 is 5.54 Å². The molecule has 6 heteroatoms. The van der Waals surface area contributed by atoms with Crippen LogP contribution in [0.5, 0.6) is 11.5 Å². The van der Waals surface area contributed by atoms with Gasteiger partial charge in [-0.3, -0.25) is 0 Å². The van der Waals surface area contributed by atoms with E-state index in [2.05, 4.69) is 10.1 Å². The van der Waals surface area contributed by atoms with Gasteiger partial charge in [-0.2, -0.15) is 4.98 Å². The van der Waals surface area contributed by atoms with Gasteiger partial charge in [0.1, 0.15) is 11.5 Å². The Bertz CT molecular complexity index is 626. The quantitative estimate of drug-likeness (QED) is 0.913. The minimum Gasteiger partial charge on any atom is -0.496 e. The fourth-order valence-electron chi connectivity index (χ4n) is 3.01. The summed E-state index contributed by atoms with van der Waals surface area (Å²) in [6.07, 6.45) is 4.49. The van der Waals surface area contributed by atoms with Gasteiger partial charge in [0.15, 0.2) is 5.82 Å². The highest BCUT2D eigenvalue weighted by atomic mass is 16.5. The molecule has 118 valence electrons. The summed E-state index contributed by atoms with van der Waals surface area (Å²) < 4.78 is 16.2. The Labute approximate surface area is 129 Å². The van der Waals surface area contributed by atoms with Crippen molar-refractivity contribution in [3.8, 4) is 11.5 Å². The largest absolute Gasteiger partial charge is 0.496 e. The third kappa shape index (κ3) is 2.66. The van der Waals surface area contributed by atoms with Crippen LogP contribution in [0.3, 0.4) is 0 Å². The maximum atomic E-state index is 6.36. The Morgan fingerprint density at radius 3 is 2.41 bits per heavy atom. The second-order valence-corrected chi connectivity index (χ2v) is 5.69. The van der Waals surface area contributed by atoms with Gasteiger partial charge in [-0.05, 0) is 25.0 Å². The van der Waals surface area contributed by atoms with Gasteiger partial charge < -0.3 is 19.7 Å². The molecule has 0 spiro atoms. The van der Waals surface area contributed by atoms with Crippen LogP contribution in [0.4, 0.5) is 0 Å². The van der Waals surface area contributed by atoms with Gasteiger partial charge in [-0.25, -0.2) is 0 Å². The number of benzene rings is 1. The molecule has 1 aromatic heterocycles. The van der Waals surface area contributed by atoms with Crippen molar-refractivity contribution in [1.82, 2.24) is 10.1 Å². The topological polar surface area (TPSA) is 83.4 Å². The molecule has 1 aliphatic rings. The average molecular weight is 303 g/mol. The summed E-state index contributed by atoms with van der Waals surface area (Å²) in [5, 5.41) is 4.08. The average Bonchev–Trinajstić information content (AvgIpc) is 3.17. The van der Waals surface area contributed by atoms with Gasteiger partial charge in [0.25, 0.3) is 0 Å². The smallest absolute Gasteiger partial charge is 0.231 e. The number of aromatic nitrogens is 2. The van der Waals surface area contributed by atoms with Crippen LogP contribution in [0.2, 0.25) is 0 Å². The van der Waals surface area contributed by atoms with Crippen LogP contribution in [-0.4, -0.2) is 24.4 Å². The zero-order valence-electron chi connectivity index (χ0n) is 13.0. The predicted molar refractivity (Wildman–Crippen MR) is 81.0 cm³/mol. The zero-order chi connectivity index (χ0) is 15.6. The number of ether oxygens (including phenoxy) is 2. The van der Waals surface area contributed by atoms with E-state index in [-0.39, 0.29) is 0 Å². The summed E-state index contributed by atoms with van der Waals surface area (Å²) in [5.41, 5.74) is 6.82. The van der Waals surface area contributed by atoms with Crippen molar-refractivity contribution < 1.29 is 14.0 Å². The Balaban J connectivity index is 1.87. The predicted octanol–water partition coefficient (Wildman–Crippen LogP) is 2.41. The maximum Gasteiger partial charge on any atom is 0.231 e. The highest BCUT2D eigenvalue weighted by Gasteiger charge is 2.36. The number of hydrogen-bond acceptors (Lipinski definition) is 6. The van der Waals surface area contributed by atoms with Crippen molar-refractivity contribution in [2.45, 2.75) is 37.6 Å². The summed E-state index contributed by atoms with van der Waals surface area (Å²) in [7, 11) is 3.26. The Hall–Kier alpha value is -2.08. The monoisotopic (exact) mass is 303 g/mol. The molecular weight excluding hydrogens is 282 g/mol. The summed E-state index contributed by atoms with van der Waals surface area (Å²) in [5.74, 6) is 2.60. The molecule has 1 aromatic carbocycles. The van der Waals surface area contributed by atoms with Crippen LogP contribution in [0.15, 0.2) is 22.7 Å². The lowest BCUT2D eigenvalue weighted by atomic mass is 9.98. The van der Waals surface area contributed by atoms with E-state index in [1.807, 2.05) is 18.2 Å². The Morgan fingerprint density at radius 1 is 1.18 bits per heavy atom. The van der Waals surface area contributed by atoms with E-state index in [1.165, 1.54) is 0 Å². The minimum absolute atomic E-state index is 0.438. The Morgan fingerprint density at radius 2 is 1.82 bits per heavy atom. The van der Waals surface area contributed by atoms with Crippen molar-refractivity contribution in [3.63, 3.8) is 0 Å². The molecule has 6 nitrogen and oxygen atoms in total. The van der Waals surface area contributed by atoms with E-state index in [9.17, 15) is 0 Å². The van der Waals surface area contributed by atoms with Gasteiger partial charge in [-0.1, -0.05) is 24.1 Å². The number of nitrogens with two attached hydrogens (primary N) is 1. The second-order valence-electron chi connectivity index (χ2n) is 5.69. The molecular formula is C16H21N3O3. The van der Waals surface area contributed by atoms with Crippen molar-refractivity contribution in [2.75, 3.05) is 14.2 Å². The van der Waals surface area contributed by atoms with E-state index in [4.69, 9.17) is 19.7 Å². The third-order valence-electron chi connectivity index (χ3n) is 4.27. The normalized spacial score (nSPS) is 16.7. The SMILES string of the molecule is COc1cccc(OC)c1Cc1nc(C2(N)CCCC2)no1. The standard InChI is InChI=1S/C16H21N3O3/c1-20-12-6-5-7-13(21-2)11(12)10-14-18-15(19-22-14)16(17)8-3-4-9-16/h5-7H,3-4,8-10,17H2,1-2H3. The molecule has 2 aromatic rings. The van der Waals surface area contributed by atoms with E-state index in [0.29, 0.717) is 18.1 Å². The van der Waals surface area contributed by atoms with Crippen LogP contribution in [0.1, 0.15) is 43.0 Å². The summed E-state index contributed by atoms with van der Waals surface area (Å²) in [4.78, 5) is 4.50. The molecule has 0 aliphatic heterocycles. The molecule has 0 saturated heterocycles. The van der Waals surface area contributed by atoms with Gasteiger partial charge in [0, 0.05) is 5.56 Å². The highest BCUT2D eigenvalue weighted by Crippen LogP contribution is 2.35. The lowest BCUT2D eigenvalue weighted by molar-refractivity contribution is 0.347. The highest BCUT2D eigenvalue weighted by molar-refractivity contribution is 5.46. The van der Waals surface area contributed by atoms with Crippen LogP contribution in [-0.2, 0) is 12.0 Å². The van der Waals surface area contributed by atoms with Crippen LogP contribution < -0.4 is 15.2 Å². The van der Waals surface area contributed by atoms with Crippen LogP contribution in [0.25, 0.3) is 0 Å². The number of methoxy groups -OCH3 is 2. The van der Waals surface area contributed by atoms with E-state index in [0.717, 1.165) is 42.7 Å². The second kappa shape index (κ2) is 5.96. The number of hydrogen-bond donors (Lipinski definition) is 1. The summed E-state index contributed by atoms with van der Waals surface area (Å²) >= 11 is 0. The van der Waals surface area contributed by atoms with Gasteiger partial charge in [-0.15, -0.1) is 0 Å². The maximum absolute atomic E-state index is 6.36. The summed E-state index contributed by atoms with van der Waals surface area (Å²) in [6.45, 7) is 0. The molecule has 1 fully saturated rings. The molecule has 1 heterocycles. The lowest BCUT2D eigenvalue weighted by Crippen LogP contribution is -2.34. The van der Waals surface area contributed by atoms with Crippen molar-refractivity contribution in [1.29, 1.82) is 0 Å². The third-order valence-corrected chi connectivity index (χ3v) is 4.27.